The number of nitrogens with zero attached hydrogens (tertiary/aromatic N) is 4. The largest absolute Gasteiger partial charge is 0.236 e. The molecule has 25 heavy (non-hydrogen) atoms. The summed E-state index contributed by atoms with van der Waals surface area (Å²) >= 11 is 4.84. The predicted molar refractivity (Wildman–Crippen MR) is 99.0 cm³/mol. The lowest BCUT2D eigenvalue weighted by Crippen LogP contribution is -2.18. The van der Waals surface area contributed by atoms with Gasteiger partial charge in [0.25, 0.3) is 0 Å². The Bertz CT molecular complexity index is 549. The highest BCUT2D eigenvalue weighted by molar-refractivity contribution is 8.07. The molecule has 2 rings (SSSR count). The summed E-state index contributed by atoms with van der Waals surface area (Å²) in [5.74, 6) is 4.12. The van der Waals surface area contributed by atoms with E-state index in [1.807, 2.05) is 11.8 Å². The standard InChI is InChI=1S/C8H10N2O2S.C6H6N2O2S2/c11-5-9-1-7-3-13-4-8(7)2-10-6-12;9-3-7-5-1-11-6(2-12-5)8-4-10/h7-8H,1-4H2;5-6H,1-2H2. The van der Waals surface area contributed by atoms with Gasteiger partial charge in [-0.3, -0.25) is 0 Å². The van der Waals surface area contributed by atoms with Crippen molar-refractivity contribution in [3.63, 3.8) is 0 Å². The lowest BCUT2D eigenvalue weighted by atomic mass is 9.96. The number of isocyanates is 4. The molecule has 134 valence electrons. The summed E-state index contributed by atoms with van der Waals surface area (Å²) in [5, 5.41) is -0.0452. The lowest BCUT2D eigenvalue weighted by molar-refractivity contribution is 0.436. The fourth-order valence-electron chi connectivity index (χ4n) is 2.11. The van der Waals surface area contributed by atoms with Crippen LogP contribution in [0.2, 0.25) is 0 Å². The Labute approximate surface area is 157 Å². The number of rotatable bonds is 6. The van der Waals surface area contributed by atoms with Crippen molar-refractivity contribution >= 4 is 59.6 Å². The number of carbonyl (C=O) groups excluding carboxylic acids is 4. The molecule has 0 aromatic heterocycles. The van der Waals surface area contributed by atoms with Crippen molar-refractivity contribution in [2.45, 2.75) is 10.7 Å². The molecule has 4 unspecified atom stereocenters. The zero-order valence-electron chi connectivity index (χ0n) is 13.2. The third-order valence-electron chi connectivity index (χ3n) is 3.37. The van der Waals surface area contributed by atoms with Gasteiger partial charge in [0.1, 0.15) is 10.7 Å². The van der Waals surface area contributed by atoms with Crippen molar-refractivity contribution in [2.24, 2.45) is 31.8 Å². The third-order valence-corrected chi connectivity index (χ3v) is 7.45. The molecule has 0 amide bonds. The van der Waals surface area contributed by atoms with Gasteiger partial charge < -0.3 is 0 Å². The van der Waals surface area contributed by atoms with E-state index in [2.05, 4.69) is 20.0 Å². The van der Waals surface area contributed by atoms with Crippen LogP contribution in [0.25, 0.3) is 0 Å². The lowest BCUT2D eigenvalue weighted by Gasteiger charge is -2.19. The van der Waals surface area contributed by atoms with Crippen LogP contribution < -0.4 is 0 Å². The summed E-state index contributed by atoms with van der Waals surface area (Å²) in [6.45, 7) is 1.02. The number of hydrogen-bond acceptors (Lipinski definition) is 11. The summed E-state index contributed by atoms with van der Waals surface area (Å²) in [5.41, 5.74) is 0. The van der Waals surface area contributed by atoms with Crippen LogP contribution in [0.3, 0.4) is 0 Å². The molecule has 4 atom stereocenters. The molecule has 11 heteroatoms. The van der Waals surface area contributed by atoms with E-state index in [1.165, 1.54) is 47.8 Å². The zero-order valence-corrected chi connectivity index (χ0v) is 15.6. The molecule has 2 fully saturated rings. The van der Waals surface area contributed by atoms with Gasteiger partial charge in [-0.2, -0.15) is 21.7 Å². The van der Waals surface area contributed by atoms with Crippen molar-refractivity contribution in [1.29, 1.82) is 0 Å². The highest BCUT2D eigenvalue weighted by atomic mass is 32.2. The zero-order chi connectivity index (χ0) is 18.3. The smallest absolute Gasteiger partial charge is 0.211 e. The second kappa shape index (κ2) is 13.8. The second-order valence-electron chi connectivity index (χ2n) is 4.94. The molecule has 2 aliphatic heterocycles. The van der Waals surface area contributed by atoms with Crippen molar-refractivity contribution in [3.05, 3.63) is 0 Å². The summed E-state index contributed by atoms with van der Waals surface area (Å²) in [6.07, 6.45) is 6.09. The minimum absolute atomic E-state index is 0.0226. The summed E-state index contributed by atoms with van der Waals surface area (Å²) < 4.78 is 0. The van der Waals surface area contributed by atoms with Crippen molar-refractivity contribution in [1.82, 2.24) is 0 Å². The first-order valence-electron chi connectivity index (χ1n) is 7.27. The monoisotopic (exact) mass is 400 g/mol. The first-order chi connectivity index (χ1) is 12.2. The Morgan fingerprint density at radius 3 is 1.44 bits per heavy atom. The van der Waals surface area contributed by atoms with Gasteiger partial charge in [0.2, 0.25) is 24.3 Å². The molecule has 0 N–H and O–H groups in total. The van der Waals surface area contributed by atoms with Gasteiger partial charge in [-0.1, -0.05) is 0 Å². The molecule has 0 saturated carbocycles. The van der Waals surface area contributed by atoms with Crippen molar-refractivity contribution in [3.8, 4) is 0 Å². The Hall–Kier alpha value is -1.43. The van der Waals surface area contributed by atoms with Gasteiger partial charge >= 0.3 is 0 Å². The molecule has 2 saturated heterocycles. The van der Waals surface area contributed by atoms with Gasteiger partial charge in [0.15, 0.2) is 0 Å². The summed E-state index contributed by atoms with van der Waals surface area (Å²) in [4.78, 5) is 53.8. The van der Waals surface area contributed by atoms with Gasteiger partial charge in [-0.15, -0.1) is 23.5 Å². The second-order valence-corrected chi connectivity index (χ2v) is 8.43. The molecule has 2 heterocycles. The maximum atomic E-state index is 9.90. The quantitative estimate of drug-likeness (QED) is 0.489. The van der Waals surface area contributed by atoms with Crippen LogP contribution in [-0.4, -0.2) is 71.2 Å². The van der Waals surface area contributed by atoms with Crippen LogP contribution in [0.15, 0.2) is 20.0 Å². The topological polar surface area (TPSA) is 118 Å². The van der Waals surface area contributed by atoms with Crippen LogP contribution >= 0.6 is 35.3 Å². The van der Waals surface area contributed by atoms with Crippen LogP contribution in [-0.2, 0) is 19.2 Å². The number of thioether (sulfide) groups is 3. The van der Waals surface area contributed by atoms with E-state index < -0.39 is 0 Å². The van der Waals surface area contributed by atoms with E-state index in [1.54, 1.807) is 0 Å². The summed E-state index contributed by atoms with van der Waals surface area (Å²) in [6, 6.07) is 0. The Kier molecular flexibility index (Phi) is 11.9. The van der Waals surface area contributed by atoms with E-state index in [0.29, 0.717) is 36.4 Å². The minimum atomic E-state index is -0.0226. The van der Waals surface area contributed by atoms with Crippen LogP contribution in [0.5, 0.6) is 0 Å². The van der Waals surface area contributed by atoms with E-state index in [-0.39, 0.29) is 10.7 Å². The fourth-order valence-corrected chi connectivity index (χ4v) is 6.00. The molecular formula is C14H16N4O4S3. The van der Waals surface area contributed by atoms with Crippen LogP contribution in [0.4, 0.5) is 0 Å². The van der Waals surface area contributed by atoms with E-state index in [0.717, 1.165) is 11.5 Å². The Balaban J connectivity index is 0.000000251. The number of aliphatic imine (C=N–C) groups is 4. The molecule has 0 aromatic carbocycles. The maximum Gasteiger partial charge on any atom is 0.236 e. The molecular weight excluding hydrogens is 384 g/mol. The average Bonchev–Trinajstić information content (AvgIpc) is 3.08. The molecule has 0 aromatic rings. The number of hydrogen-bond donors (Lipinski definition) is 0. The highest BCUT2D eigenvalue weighted by Crippen LogP contribution is 2.31. The molecule has 8 nitrogen and oxygen atoms in total. The predicted octanol–water partition coefficient (Wildman–Crippen LogP) is 1.43. The minimum Gasteiger partial charge on any atom is -0.211 e. The van der Waals surface area contributed by atoms with Crippen molar-refractivity contribution in [2.75, 3.05) is 36.1 Å². The molecule has 0 radical (unpaired) electrons. The molecule has 0 aliphatic carbocycles. The van der Waals surface area contributed by atoms with E-state index in [4.69, 9.17) is 0 Å². The first kappa shape index (κ1) is 21.6. The fraction of sp³-hybridized carbons (Fsp3) is 0.714. The van der Waals surface area contributed by atoms with Gasteiger partial charge in [-0.05, 0) is 23.3 Å². The van der Waals surface area contributed by atoms with Gasteiger partial charge in [-0.25, -0.2) is 29.2 Å². The SMILES string of the molecule is O=C=NC1CSC(N=C=O)CS1.O=C=NCC1CSCC1CN=C=O. The molecule has 2 aliphatic rings. The van der Waals surface area contributed by atoms with E-state index in [9.17, 15) is 19.2 Å². The third kappa shape index (κ3) is 9.00. The van der Waals surface area contributed by atoms with Gasteiger partial charge in [0.05, 0.1) is 13.1 Å². The van der Waals surface area contributed by atoms with Crippen molar-refractivity contribution < 1.29 is 19.2 Å². The van der Waals surface area contributed by atoms with Crippen LogP contribution in [0, 0.1) is 11.8 Å². The normalized spacial score (nSPS) is 27.2. The Morgan fingerprint density at radius 2 is 1.12 bits per heavy atom. The average molecular weight is 401 g/mol. The first-order valence-corrected chi connectivity index (χ1v) is 10.5. The highest BCUT2D eigenvalue weighted by Gasteiger charge is 2.27. The molecule has 0 spiro atoms. The van der Waals surface area contributed by atoms with Crippen LogP contribution in [0.1, 0.15) is 0 Å². The summed E-state index contributed by atoms with van der Waals surface area (Å²) in [7, 11) is 0. The maximum absolute atomic E-state index is 9.90. The Morgan fingerprint density at radius 1 is 0.680 bits per heavy atom. The van der Waals surface area contributed by atoms with E-state index >= 15 is 0 Å². The molecule has 0 bridgehead atoms. The van der Waals surface area contributed by atoms with Gasteiger partial charge in [0, 0.05) is 11.5 Å².